The van der Waals surface area contributed by atoms with Crippen LogP contribution in [0.4, 0.5) is 5.69 Å². The number of ether oxygens (including phenoxy) is 3. The summed E-state index contributed by atoms with van der Waals surface area (Å²) < 4.78 is 15.8. The number of carbonyl (C=O) groups excluding carboxylic acids is 2. The fourth-order valence-electron chi connectivity index (χ4n) is 1.82. The fraction of sp³-hybridized carbons (Fsp3) is 0.385. The number of hydrogen-bond acceptors (Lipinski definition) is 5. The van der Waals surface area contributed by atoms with Gasteiger partial charge >= 0.3 is 5.97 Å². The zero-order chi connectivity index (χ0) is 13.8. The molecule has 0 aromatic heterocycles. The summed E-state index contributed by atoms with van der Waals surface area (Å²) >= 11 is 0. The van der Waals surface area contributed by atoms with E-state index in [1.165, 1.54) is 14.0 Å². The molecule has 1 aliphatic rings. The summed E-state index contributed by atoms with van der Waals surface area (Å²) in [6, 6.07) is 3.14. The third-order valence-corrected chi connectivity index (χ3v) is 2.61. The van der Waals surface area contributed by atoms with Gasteiger partial charge in [-0.3, -0.25) is 4.79 Å². The number of amides is 1. The van der Waals surface area contributed by atoms with Gasteiger partial charge in [0.05, 0.1) is 26.0 Å². The Morgan fingerprint density at radius 2 is 1.89 bits per heavy atom. The first-order valence-corrected chi connectivity index (χ1v) is 5.92. The number of fused-ring (bicyclic) bond motifs is 1. The average molecular weight is 265 g/mol. The van der Waals surface area contributed by atoms with Crippen molar-refractivity contribution in [2.45, 2.75) is 13.3 Å². The van der Waals surface area contributed by atoms with Crippen LogP contribution in [0.1, 0.15) is 23.7 Å². The summed E-state index contributed by atoms with van der Waals surface area (Å²) in [5.74, 6) is -0.0387. The Labute approximate surface area is 110 Å². The van der Waals surface area contributed by atoms with Gasteiger partial charge in [-0.15, -0.1) is 0 Å². The van der Waals surface area contributed by atoms with Gasteiger partial charge in [0.1, 0.15) is 5.56 Å². The Hall–Kier alpha value is -2.24. The summed E-state index contributed by atoms with van der Waals surface area (Å²) in [5.41, 5.74) is 0.769. The topological polar surface area (TPSA) is 73.9 Å². The van der Waals surface area contributed by atoms with E-state index in [1.54, 1.807) is 12.1 Å². The van der Waals surface area contributed by atoms with Crippen LogP contribution in [0.3, 0.4) is 0 Å². The third kappa shape index (κ3) is 2.78. The summed E-state index contributed by atoms with van der Waals surface area (Å²) in [5, 5.41) is 2.65. The van der Waals surface area contributed by atoms with Gasteiger partial charge in [0.2, 0.25) is 5.91 Å². The smallest absolute Gasteiger partial charge is 0.341 e. The highest BCUT2D eigenvalue weighted by atomic mass is 16.5. The van der Waals surface area contributed by atoms with Gasteiger partial charge in [-0.2, -0.15) is 0 Å². The molecule has 0 saturated heterocycles. The van der Waals surface area contributed by atoms with Crippen molar-refractivity contribution in [2.75, 3.05) is 25.6 Å². The van der Waals surface area contributed by atoms with Crippen molar-refractivity contribution in [3.05, 3.63) is 17.7 Å². The number of carbonyl (C=O) groups is 2. The molecule has 0 spiro atoms. The summed E-state index contributed by atoms with van der Waals surface area (Å²) in [4.78, 5) is 22.8. The SMILES string of the molecule is COC(=O)c1ccc(NC(C)=O)c2c1OCCCO2. The number of esters is 1. The second-order valence-electron chi connectivity index (χ2n) is 4.04. The van der Waals surface area contributed by atoms with Crippen LogP contribution in [-0.4, -0.2) is 32.2 Å². The second-order valence-corrected chi connectivity index (χ2v) is 4.04. The van der Waals surface area contributed by atoms with Gasteiger partial charge in [-0.05, 0) is 12.1 Å². The van der Waals surface area contributed by atoms with Crippen molar-refractivity contribution in [2.24, 2.45) is 0 Å². The van der Waals surface area contributed by atoms with E-state index >= 15 is 0 Å². The predicted molar refractivity (Wildman–Crippen MR) is 67.7 cm³/mol. The molecule has 0 aliphatic carbocycles. The molecule has 19 heavy (non-hydrogen) atoms. The van der Waals surface area contributed by atoms with Crippen LogP contribution in [0.25, 0.3) is 0 Å². The molecular formula is C13H15NO5. The third-order valence-electron chi connectivity index (χ3n) is 2.61. The van der Waals surface area contributed by atoms with Crippen molar-refractivity contribution in [1.82, 2.24) is 0 Å². The van der Waals surface area contributed by atoms with E-state index in [0.717, 1.165) is 0 Å². The van der Waals surface area contributed by atoms with E-state index < -0.39 is 5.97 Å². The molecule has 1 aromatic rings. The second kappa shape index (κ2) is 5.60. The molecule has 0 radical (unpaired) electrons. The van der Waals surface area contributed by atoms with Crippen LogP contribution in [0.2, 0.25) is 0 Å². The molecule has 102 valence electrons. The minimum atomic E-state index is -0.504. The fourth-order valence-corrected chi connectivity index (χ4v) is 1.82. The molecule has 6 nitrogen and oxygen atoms in total. The lowest BCUT2D eigenvalue weighted by molar-refractivity contribution is -0.114. The normalized spacial score (nSPS) is 13.4. The lowest BCUT2D eigenvalue weighted by Gasteiger charge is -2.15. The number of benzene rings is 1. The van der Waals surface area contributed by atoms with Crippen molar-refractivity contribution in [3.63, 3.8) is 0 Å². The van der Waals surface area contributed by atoms with E-state index in [2.05, 4.69) is 5.32 Å². The molecule has 2 rings (SSSR count). The van der Waals surface area contributed by atoms with Crippen LogP contribution in [0.5, 0.6) is 11.5 Å². The molecule has 1 aliphatic heterocycles. The minimum Gasteiger partial charge on any atom is -0.489 e. The highest BCUT2D eigenvalue weighted by molar-refractivity contribution is 5.97. The standard InChI is InChI=1S/C13H15NO5/c1-8(15)14-10-5-4-9(13(16)17-2)11-12(10)19-7-3-6-18-11/h4-5H,3,6-7H2,1-2H3,(H,14,15). The van der Waals surface area contributed by atoms with E-state index in [9.17, 15) is 9.59 Å². The Kier molecular flexibility index (Phi) is 3.89. The number of rotatable bonds is 2. The van der Waals surface area contributed by atoms with Gasteiger partial charge in [0, 0.05) is 13.3 Å². The molecule has 6 heteroatoms. The molecule has 0 bridgehead atoms. The number of hydrogen-bond donors (Lipinski definition) is 1. The van der Waals surface area contributed by atoms with Crippen LogP contribution in [0, 0.1) is 0 Å². The lowest BCUT2D eigenvalue weighted by Crippen LogP contribution is -2.10. The minimum absolute atomic E-state index is 0.221. The van der Waals surface area contributed by atoms with E-state index in [-0.39, 0.29) is 11.5 Å². The Balaban J connectivity index is 2.50. The van der Waals surface area contributed by atoms with Crippen molar-refractivity contribution < 1.29 is 23.8 Å². The molecule has 1 heterocycles. The molecule has 0 atom stereocenters. The molecule has 0 fully saturated rings. The monoisotopic (exact) mass is 265 g/mol. The highest BCUT2D eigenvalue weighted by Crippen LogP contribution is 2.40. The van der Waals surface area contributed by atoms with Gasteiger partial charge < -0.3 is 19.5 Å². The van der Waals surface area contributed by atoms with Gasteiger partial charge in [0.25, 0.3) is 0 Å². The summed E-state index contributed by atoms with van der Waals surface area (Å²) in [7, 11) is 1.30. The molecule has 1 N–H and O–H groups in total. The quantitative estimate of drug-likeness (QED) is 0.822. The largest absolute Gasteiger partial charge is 0.489 e. The Morgan fingerprint density at radius 1 is 1.21 bits per heavy atom. The maximum atomic E-state index is 11.7. The molecule has 0 saturated carbocycles. The lowest BCUT2D eigenvalue weighted by atomic mass is 10.1. The number of anilines is 1. The molecular weight excluding hydrogens is 250 g/mol. The first-order valence-electron chi connectivity index (χ1n) is 5.92. The van der Waals surface area contributed by atoms with Gasteiger partial charge in [-0.25, -0.2) is 4.79 Å². The zero-order valence-electron chi connectivity index (χ0n) is 10.8. The van der Waals surface area contributed by atoms with Crippen molar-refractivity contribution in [1.29, 1.82) is 0 Å². The van der Waals surface area contributed by atoms with Gasteiger partial charge in [0.15, 0.2) is 11.5 Å². The van der Waals surface area contributed by atoms with Crippen molar-refractivity contribution >= 4 is 17.6 Å². The maximum absolute atomic E-state index is 11.7. The van der Waals surface area contributed by atoms with E-state index in [1.807, 2.05) is 0 Å². The van der Waals surface area contributed by atoms with Crippen LogP contribution in [-0.2, 0) is 9.53 Å². The first kappa shape index (κ1) is 13.2. The molecule has 1 amide bonds. The van der Waals surface area contributed by atoms with Crippen LogP contribution >= 0.6 is 0 Å². The Morgan fingerprint density at radius 3 is 2.53 bits per heavy atom. The maximum Gasteiger partial charge on any atom is 0.341 e. The van der Waals surface area contributed by atoms with Crippen LogP contribution in [0.15, 0.2) is 12.1 Å². The predicted octanol–water partition coefficient (Wildman–Crippen LogP) is 1.59. The first-order chi connectivity index (χ1) is 9.13. The molecule has 0 unspecified atom stereocenters. The summed E-state index contributed by atoms with van der Waals surface area (Å²) in [6.45, 7) is 2.31. The van der Waals surface area contributed by atoms with E-state index in [4.69, 9.17) is 14.2 Å². The van der Waals surface area contributed by atoms with Crippen molar-refractivity contribution in [3.8, 4) is 11.5 Å². The average Bonchev–Trinajstić information content (AvgIpc) is 2.63. The number of methoxy groups -OCH3 is 1. The van der Waals surface area contributed by atoms with Crippen LogP contribution < -0.4 is 14.8 Å². The summed E-state index contributed by atoms with van der Waals surface area (Å²) in [6.07, 6.45) is 0.703. The van der Waals surface area contributed by atoms with Gasteiger partial charge in [-0.1, -0.05) is 0 Å². The zero-order valence-corrected chi connectivity index (χ0v) is 10.8. The van der Waals surface area contributed by atoms with E-state index in [0.29, 0.717) is 36.8 Å². The number of nitrogens with one attached hydrogen (secondary N) is 1. The highest BCUT2D eigenvalue weighted by Gasteiger charge is 2.23. The molecule has 1 aromatic carbocycles. The Bertz CT molecular complexity index is 512.